The molecule has 0 aliphatic heterocycles. The third kappa shape index (κ3) is 4.83. The van der Waals surface area contributed by atoms with Crippen molar-refractivity contribution in [3.63, 3.8) is 0 Å². The molecule has 0 aliphatic rings. The molecule has 10 heteroatoms. The molecule has 0 saturated carbocycles. The van der Waals surface area contributed by atoms with Crippen LogP contribution in [0.5, 0.6) is 5.88 Å². The predicted octanol–water partition coefficient (Wildman–Crippen LogP) is 4.36. The van der Waals surface area contributed by atoms with Gasteiger partial charge in [0.05, 0.1) is 22.8 Å². The summed E-state index contributed by atoms with van der Waals surface area (Å²) in [4.78, 5) is -0.839. The average molecular weight is 423 g/mol. The van der Waals surface area contributed by atoms with Crippen LogP contribution in [-0.2, 0) is 16.2 Å². The summed E-state index contributed by atoms with van der Waals surface area (Å²) in [5.74, 6) is 0.379. The molecule has 0 radical (unpaired) electrons. The summed E-state index contributed by atoms with van der Waals surface area (Å²) in [6, 6.07) is 13.4. The highest BCUT2D eigenvalue weighted by molar-refractivity contribution is 7.92. The number of benzene rings is 2. The molecule has 0 saturated heterocycles. The first-order valence-electron chi connectivity index (χ1n) is 8.47. The van der Waals surface area contributed by atoms with Crippen molar-refractivity contribution in [1.29, 1.82) is 0 Å². The van der Waals surface area contributed by atoms with Gasteiger partial charge in [0.25, 0.3) is 10.0 Å². The van der Waals surface area contributed by atoms with Gasteiger partial charge in [-0.1, -0.05) is 24.3 Å². The van der Waals surface area contributed by atoms with Crippen molar-refractivity contribution in [1.82, 2.24) is 10.2 Å². The van der Waals surface area contributed by atoms with E-state index in [-0.39, 0.29) is 5.69 Å². The van der Waals surface area contributed by atoms with E-state index in [1.165, 1.54) is 18.2 Å². The fourth-order valence-electron chi connectivity index (χ4n) is 2.55. The highest BCUT2D eigenvalue weighted by atomic mass is 32.2. The summed E-state index contributed by atoms with van der Waals surface area (Å²) in [6.45, 7) is 2.28. The zero-order chi connectivity index (χ0) is 21.1. The Hall–Kier alpha value is -3.14. The van der Waals surface area contributed by atoms with Gasteiger partial charge in [-0.25, -0.2) is 8.42 Å². The van der Waals surface area contributed by atoms with Crippen molar-refractivity contribution < 1.29 is 26.3 Å². The third-order valence-electron chi connectivity index (χ3n) is 3.85. The van der Waals surface area contributed by atoms with E-state index in [9.17, 15) is 21.6 Å². The molecule has 0 aliphatic carbocycles. The van der Waals surface area contributed by atoms with Gasteiger partial charge < -0.3 is 4.74 Å². The number of nitrogens with one attached hydrogen (secondary N) is 1. The number of hydrogen-bond donors (Lipinski definition) is 1. The zero-order valence-electron chi connectivity index (χ0n) is 15.1. The molecule has 3 aromatic rings. The molecule has 152 valence electrons. The molecule has 2 aromatic carbocycles. The number of sulfonamides is 1. The summed E-state index contributed by atoms with van der Waals surface area (Å²) < 4.78 is 71.7. The second-order valence-corrected chi connectivity index (χ2v) is 7.52. The Morgan fingerprint density at radius 1 is 0.966 bits per heavy atom. The van der Waals surface area contributed by atoms with Crippen LogP contribution in [0.4, 0.5) is 18.9 Å². The van der Waals surface area contributed by atoms with E-state index in [0.29, 0.717) is 23.7 Å². The minimum atomic E-state index is -4.79. The molecule has 1 heterocycles. The summed E-state index contributed by atoms with van der Waals surface area (Å²) in [7, 11) is -4.43. The van der Waals surface area contributed by atoms with Crippen LogP contribution in [-0.4, -0.2) is 25.2 Å². The lowest BCUT2D eigenvalue weighted by molar-refractivity contribution is -0.139. The van der Waals surface area contributed by atoms with E-state index in [1.807, 2.05) is 6.92 Å². The van der Waals surface area contributed by atoms with E-state index in [4.69, 9.17) is 4.74 Å². The van der Waals surface area contributed by atoms with Crippen LogP contribution >= 0.6 is 0 Å². The van der Waals surface area contributed by atoms with E-state index in [0.717, 1.165) is 18.2 Å². The van der Waals surface area contributed by atoms with Crippen LogP contribution in [0.3, 0.4) is 0 Å². The SMILES string of the molecule is CCOc1ccc(-c2ccc(NS(=O)(=O)c3ccccc3C(F)(F)F)cc2)nn1. The molecule has 0 fully saturated rings. The lowest BCUT2D eigenvalue weighted by atomic mass is 10.1. The third-order valence-corrected chi connectivity index (χ3v) is 5.29. The largest absolute Gasteiger partial charge is 0.477 e. The van der Waals surface area contributed by atoms with Crippen LogP contribution in [0.25, 0.3) is 11.3 Å². The van der Waals surface area contributed by atoms with Gasteiger partial charge in [0.2, 0.25) is 5.88 Å². The van der Waals surface area contributed by atoms with E-state index >= 15 is 0 Å². The standard InChI is InChI=1S/C19H16F3N3O3S/c1-2-28-18-12-11-16(23-24-18)13-7-9-14(10-8-13)25-29(26,27)17-6-4-3-5-15(17)19(20,21)22/h3-12,25H,2H2,1H3. The number of hydrogen-bond acceptors (Lipinski definition) is 5. The molecule has 0 spiro atoms. The first-order chi connectivity index (χ1) is 13.7. The molecule has 29 heavy (non-hydrogen) atoms. The summed E-state index contributed by atoms with van der Waals surface area (Å²) in [6.07, 6.45) is -4.79. The highest BCUT2D eigenvalue weighted by Crippen LogP contribution is 2.34. The molecule has 0 bridgehead atoms. The van der Waals surface area contributed by atoms with Crippen molar-refractivity contribution in [2.24, 2.45) is 0 Å². The number of aromatic nitrogens is 2. The van der Waals surface area contributed by atoms with Crippen LogP contribution in [0.15, 0.2) is 65.6 Å². The van der Waals surface area contributed by atoms with Crippen molar-refractivity contribution in [3.8, 4) is 17.1 Å². The van der Waals surface area contributed by atoms with Gasteiger partial charge in [-0.3, -0.25) is 4.72 Å². The lowest BCUT2D eigenvalue weighted by Crippen LogP contribution is -2.18. The van der Waals surface area contributed by atoms with Crippen LogP contribution in [0, 0.1) is 0 Å². The van der Waals surface area contributed by atoms with Gasteiger partial charge in [-0.2, -0.15) is 13.2 Å². The Labute approximate surface area is 165 Å². The highest BCUT2D eigenvalue weighted by Gasteiger charge is 2.36. The monoisotopic (exact) mass is 423 g/mol. The maximum Gasteiger partial charge on any atom is 0.417 e. The van der Waals surface area contributed by atoms with Gasteiger partial charge in [0.1, 0.15) is 0 Å². The van der Waals surface area contributed by atoms with Crippen LogP contribution in [0.1, 0.15) is 12.5 Å². The molecule has 0 unspecified atom stereocenters. The number of halogens is 3. The van der Waals surface area contributed by atoms with Crippen molar-refractivity contribution in [3.05, 3.63) is 66.2 Å². The predicted molar refractivity (Wildman–Crippen MR) is 101 cm³/mol. The van der Waals surface area contributed by atoms with Crippen molar-refractivity contribution in [2.45, 2.75) is 18.0 Å². The van der Waals surface area contributed by atoms with Gasteiger partial charge in [0, 0.05) is 17.3 Å². The molecule has 6 nitrogen and oxygen atoms in total. The normalized spacial score (nSPS) is 11.9. The Morgan fingerprint density at radius 2 is 1.66 bits per heavy atom. The number of ether oxygens (including phenoxy) is 1. The Kier molecular flexibility index (Phi) is 5.73. The van der Waals surface area contributed by atoms with Gasteiger partial charge in [-0.15, -0.1) is 10.2 Å². The molecule has 3 rings (SSSR count). The fourth-order valence-corrected chi connectivity index (χ4v) is 3.84. The number of nitrogens with zero attached hydrogens (tertiary/aromatic N) is 2. The van der Waals surface area contributed by atoms with E-state index in [2.05, 4.69) is 14.9 Å². The van der Waals surface area contributed by atoms with E-state index < -0.39 is 26.7 Å². The minimum Gasteiger partial charge on any atom is -0.477 e. The molecular weight excluding hydrogens is 407 g/mol. The molecule has 0 atom stereocenters. The minimum absolute atomic E-state index is 0.115. The Bertz CT molecular complexity index is 1080. The maximum absolute atomic E-state index is 13.1. The maximum atomic E-state index is 13.1. The Balaban J connectivity index is 1.83. The zero-order valence-corrected chi connectivity index (χ0v) is 16.0. The topological polar surface area (TPSA) is 81.2 Å². The molecule has 0 amide bonds. The number of rotatable bonds is 6. The first kappa shape index (κ1) is 20.6. The second-order valence-electron chi connectivity index (χ2n) is 5.87. The van der Waals surface area contributed by atoms with E-state index in [1.54, 1.807) is 24.3 Å². The summed E-state index contributed by atoms with van der Waals surface area (Å²) in [5.41, 5.74) is 0.0721. The lowest BCUT2D eigenvalue weighted by Gasteiger charge is -2.14. The summed E-state index contributed by atoms with van der Waals surface area (Å²) >= 11 is 0. The molecular formula is C19H16F3N3O3S. The first-order valence-corrected chi connectivity index (χ1v) is 9.95. The summed E-state index contributed by atoms with van der Waals surface area (Å²) in [5, 5.41) is 7.93. The van der Waals surface area contributed by atoms with Gasteiger partial charge in [0.15, 0.2) is 0 Å². The Morgan fingerprint density at radius 3 is 2.24 bits per heavy atom. The fraction of sp³-hybridized carbons (Fsp3) is 0.158. The smallest absolute Gasteiger partial charge is 0.417 e. The quantitative estimate of drug-likeness (QED) is 0.637. The van der Waals surface area contributed by atoms with Crippen LogP contribution < -0.4 is 9.46 Å². The molecule has 1 aromatic heterocycles. The second kappa shape index (κ2) is 8.08. The van der Waals surface area contributed by atoms with Gasteiger partial charge in [-0.05, 0) is 37.3 Å². The van der Waals surface area contributed by atoms with Gasteiger partial charge >= 0.3 is 6.18 Å². The molecule has 1 N–H and O–H groups in total. The van der Waals surface area contributed by atoms with Crippen LogP contribution in [0.2, 0.25) is 0 Å². The number of alkyl halides is 3. The average Bonchev–Trinajstić information content (AvgIpc) is 2.69. The number of anilines is 1. The van der Waals surface area contributed by atoms with Crippen molar-refractivity contribution in [2.75, 3.05) is 11.3 Å². The van der Waals surface area contributed by atoms with Crippen molar-refractivity contribution >= 4 is 15.7 Å².